The van der Waals surface area contributed by atoms with Crippen molar-refractivity contribution in [1.82, 2.24) is 4.72 Å². The van der Waals surface area contributed by atoms with Crippen molar-refractivity contribution in [3.8, 4) is 0 Å². The summed E-state index contributed by atoms with van der Waals surface area (Å²) in [5.74, 6) is -0.404. The number of sulfonamides is 1. The molecule has 2 N–H and O–H groups in total. The molecular weight excluding hydrogens is 408 g/mol. The Labute approximate surface area is 184 Å². The summed E-state index contributed by atoms with van der Waals surface area (Å²) in [5, 5.41) is 2.84. The second-order valence-corrected chi connectivity index (χ2v) is 9.60. The average Bonchev–Trinajstić information content (AvgIpc) is 2.68. The summed E-state index contributed by atoms with van der Waals surface area (Å²) in [6.07, 6.45) is 0.238. The Morgan fingerprint density at radius 2 is 1.42 bits per heavy atom. The maximum absolute atomic E-state index is 13.3. The SMILES string of the molecule is Cc1ccc(NC(=O)[C@H](Cc2ccccc2)NS(=O)(=O)c2c(C)cc(C)cc2C)cc1. The van der Waals surface area contributed by atoms with Crippen LogP contribution in [-0.2, 0) is 21.2 Å². The van der Waals surface area contributed by atoms with Crippen molar-refractivity contribution in [2.24, 2.45) is 0 Å². The Hall–Kier alpha value is -2.96. The molecule has 6 heteroatoms. The Kier molecular flexibility index (Phi) is 6.93. The van der Waals surface area contributed by atoms with Crippen LogP contribution in [-0.4, -0.2) is 20.4 Å². The van der Waals surface area contributed by atoms with Gasteiger partial charge in [-0.3, -0.25) is 4.79 Å². The van der Waals surface area contributed by atoms with Crippen molar-refractivity contribution >= 4 is 21.6 Å². The van der Waals surface area contributed by atoms with Gasteiger partial charge in [0.1, 0.15) is 6.04 Å². The predicted octanol–water partition coefficient (Wildman–Crippen LogP) is 4.45. The van der Waals surface area contributed by atoms with Gasteiger partial charge in [0.15, 0.2) is 0 Å². The molecule has 0 aromatic heterocycles. The summed E-state index contributed by atoms with van der Waals surface area (Å²) in [5.41, 5.74) is 4.86. The fourth-order valence-corrected chi connectivity index (χ4v) is 5.39. The van der Waals surface area contributed by atoms with Crippen LogP contribution in [0.4, 0.5) is 5.69 Å². The van der Waals surface area contributed by atoms with E-state index in [4.69, 9.17) is 0 Å². The smallest absolute Gasteiger partial charge is 0.242 e. The fraction of sp³-hybridized carbons (Fsp3) is 0.240. The molecular formula is C25H28N2O3S. The van der Waals surface area contributed by atoms with Crippen molar-refractivity contribution < 1.29 is 13.2 Å². The van der Waals surface area contributed by atoms with Crippen LogP contribution in [0.1, 0.15) is 27.8 Å². The van der Waals surface area contributed by atoms with Gasteiger partial charge < -0.3 is 5.32 Å². The highest BCUT2D eigenvalue weighted by Crippen LogP contribution is 2.22. The largest absolute Gasteiger partial charge is 0.325 e. The molecule has 1 atom stereocenters. The summed E-state index contributed by atoms with van der Waals surface area (Å²) < 4.78 is 29.2. The van der Waals surface area contributed by atoms with E-state index in [9.17, 15) is 13.2 Å². The lowest BCUT2D eigenvalue weighted by atomic mass is 10.1. The molecule has 0 aliphatic rings. The zero-order valence-electron chi connectivity index (χ0n) is 18.3. The molecule has 162 valence electrons. The number of anilines is 1. The van der Waals surface area contributed by atoms with Gasteiger partial charge in [0.05, 0.1) is 4.90 Å². The Bertz CT molecular complexity index is 1150. The Morgan fingerprint density at radius 1 is 0.839 bits per heavy atom. The standard InChI is InChI=1S/C25H28N2O3S/c1-17-10-12-22(13-11-17)26-25(28)23(16-21-8-6-5-7-9-21)27-31(29,30)24-19(3)14-18(2)15-20(24)4/h5-15,23,27H,16H2,1-4H3,(H,26,28)/t23-/m0/s1. The molecule has 0 spiro atoms. The first kappa shape index (κ1) is 22.7. The quantitative estimate of drug-likeness (QED) is 0.575. The third-order valence-electron chi connectivity index (χ3n) is 5.09. The minimum Gasteiger partial charge on any atom is -0.325 e. The van der Waals surface area contributed by atoms with Crippen LogP contribution >= 0.6 is 0 Å². The van der Waals surface area contributed by atoms with Gasteiger partial charge in [-0.1, -0.05) is 65.7 Å². The second-order valence-electron chi connectivity index (χ2n) is 7.95. The lowest BCUT2D eigenvalue weighted by Crippen LogP contribution is -2.45. The van der Waals surface area contributed by atoms with Crippen molar-refractivity contribution in [2.45, 2.75) is 45.1 Å². The van der Waals surface area contributed by atoms with E-state index in [1.165, 1.54) is 0 Å². The molecule has 1 amide bonds. The fourth-order valence-electron chi connectivity index (χ4n) is 3.74. The van der Waals surface area contributed by atoms with Gasteiger partial charge in [-0.05, 0) is 62.9 Å². The maximum atomic E-state index is 13.3. The molecule has 0 fully saturated rings. The van der Waals surface area contributed by atoms with E-state index in [1.54, 1.807) is 26.0 Å². The van der Waals surface area contributed by atoms with E-state index in [-0.39, 0.29) is 11.3 Å². The van der Waals surface area contributed by atoms with E-state index in [1.807, 2.05) is 68.4 Å². The monoisotopic (exact) mass is 436 g/mol. The third-order valence-corrected chi connectivity index (χ3v) is 6.87. The van der Waals surface area contributed by atoms with Gasteiger partial charge in [-0.25, -0.2) is 8.42 Å². The molecule has 0 bridgehead atoms. The van der Waals surface area contributed by atoms with Gasteiger partial charge in [-0.2, -0.15) is 4.72 Å². The van der Waals surface area contributed by atoms with Crippen molar-refractivity contribution in [3.63, 3.8) is 0 Å². The minimum absolute atomic E-state index is 0.222. The van der Waals surface area contributed by atoms with Gasteiger partial charge in [-0.15, -0.1) is 0 Å². The molecule has 31 heavy (non-hydrogen) atoms. The Balaban J connectivity index is 1.92. The molecule has 3 rings (SSSR count). The van der Waals surface area contributed by atoms with Crippen LogP contribution < -0.4 is 10.0 Å². The number of aryl methyl sites for hydroxylation is 4. The van der Waals surface area contributed by atoms with Crippen LogP contribution in [0.15, 0.2) is 71.6 Å². The van der Waals surface area contributed by atoms with Crippen molar-refractivity contribution in [1.29, 1.82) is 0 Å². The van der Waals surface area contributed by atoms with E-state index in [0.717, 1.165) is 16.7 Å². The van der Waals surface area contributed by atoms with Crippen molar-refractivity contribution in [3.05, 3.63) is 94.5 Å². The molecule has 0 saturated carbocycles. The molecule has 0 heterocycles. The molecule has 0 radical (unpaired) electrons. The number of benzene rings is 3. The van der Waals surface area contributed by atoms with Crippen LogP contribution in [0, 0.1) is 27.7 Å². The average molecular weight is 437 g/mol. The van der Waals surface area contributed by atoms with Gasteiger partial charge in [0.25, 0.3) is 0 Å². The zero-order valence-corrected chi connectivity index (χ0v) is 19.1. The van der Waals surface area contributed by atoms with E-state index >= 15 is 0 Å². The zero-order chi connectivity index (χ0) is 22.6. The number of rotatable bonds is 7. The van der Waals surface area contributed by atoms with E-state index in [2.05, 4.69) is 10.0 Å². The number of amides is 1. The number of carbonyl (C=O) groups is 1. The third kappa shape index (κ3) is 5.81. The van der Waals surface area contributed by atoms with Gasteiger partial charge in [0, 0.05) is 5.69 Å². The van der Waals surface area contributed by atoms with Crippen LogP contribution in [0.2, 0.25) is 0 Å². The summed E-state index contributed by atoms with van der Waals surface area (Å²) in [6.45, 7) is 7.43. The van der Waals surface area contributed by atoms with Crippen LogP contribution in [0.5, 0.6) is 0 Å². The number of hydrogen-bond acceptors (Lipinski definition) is 3. The summed E-state index contributed by atoms with van der Waals surface area (Å²) >= 11 is 0. The molecule has 0 aliphatic heterocycles. The van der Waals surface area contributed by atoms with Gasteiger partial charge >= 0.3 is 0 Å². The highest BCUT2D eigenvalue weighted by Gasteiger charge is 2.28. The first-order valence-electron chi connectivity index (χ1n) is 10.2. The van der Waals surface area contributed by atoms with Crippen LogP contribution in [0.25, 0.3) is 0 Å². The second kappa shape index (κ2) is 9.45. The number of hydrogen-bond donors (Lipinski definition) is 2. The highest BCUT2D eigenvalue weighted by molar-refractivity contribution is 7.89. The number of carbonyl (C=O) groups excluding carboxylic acids is 1. The van der Waals surface area contributed by atoms with Crippen molar-refractivity contribution in [2.75, 3.05) is 5.32 Å². The predicted molar refractivity (Wildman–Crippen MR) is 125 cm³/mol. The molecule has 0 aliphatic carbocycles. The molecule has 5 nitrogen and oxygen atoms in total. The first-order valence-corrected chi connectivity index (χ1v) is 11.7. The van der Waals surface area contributed by atoms with Crippen LogP contribution in [0.3, 0.4) is 0 Å². The van der Waals surface area contributed by atoms with E-state index in [0.29, 0.717) is 16.8 Å². The molecule has 3 aromatic carbocycles. The summed E-state index contributed by atoms with van der Waals surface area (Å²) in [7, 11) is -3.91. The lowest BCUT2D eigenvalue weighted by Gasteiger charge is -2.21. The summed E-state index contributed by atoms with van der Waals surface area (Å²) in [4.78, 5) is 13.3. The minimum atomic E-state index is -3.91. The van der Waals surface area contributed by atoms with E-state index < -0.39 is 22.0 Å². The maximum Gasteiger partial charge on any atom is 0.242 e. The topological polar surface area (TPSA) is 75.3 Å². The molecule has 3 aromatic rings. The first-order chi connectivity index (χ1) is 14.7. The normalized spacial score (nSPS) is 12.4. The lowest BCUT2D eigenvalue weighted by molar-refractivity contribution is -0.117. The highest BCUT2D eigenvalue weighted by atomic mass is 32.2. The molecule has 0 unspecified atom stereocenters. The summed E-state index contributed by atoms with van der Waals surface area (Å²) in [6, 6.07) is 19.5. The van der Waals surface area contributed by atoms with Gasteiger partial charge in [0.2, 0.25) is 15.9 Å². The Morgan fingerprint density at radius 3 is 2.00 bits per heavy atom. The number of nitrogens with one attached hydrogen (secondary N) is 2. The molecule has 0 saturated heterocycles.